The molecule has 0 bridgehead atoms. The van der Waals surface area contributed by atoms with Crippen molar-refractivity contribution >= 4 is 26.9 Å². The maximum atomic E-state index is 10.3. The molecule has 96 valence electrons. The number of benzene rings is 1. The molecule has 1 aromatic carbocycles. The predicted molar refractivity (Wildman–Crippen MR) is 76.9 cm³/mol. The summed E-state index contributed by atoms with van der Waals surface area (Å²) >= 11 is 3.32. The van der Waals surface area contributed by atoms with Gasteiger partial charge in [0.1, 0.15) is 11.3 Å². The largest absolute Gasteiger partial charge is 0.458 e. The van der Waals surface area contributed by atoms with Crippen LogP contribution in [0.3, 0.4) is 0 Å². The highest BCUT2D eigenvalue weighted by Crippen LogP contribution is 2.29. The Kier molecular flexibility index (Phi) is 3.12. The lowest BCUT2D eigenvalue weighted by Gasteiger charge is -2.06. The van der Waals surface area contributed by atoms with E-state index < -0.39 is 6.10 Å². The van der Waals surface area contributed by atoms with Crippen molar-refractivity contribution in [1.29, 1.82) is 0 Å². The number of pyridine rings is 1. The van der Waals surface area contributed by atoms with E-state index in [0.717, 1.165) is 21.0 Å². The molecule has 1 unspecified atom stereocenters. The van der Waals surface area contributed by atoms with Crippen LogP contribution in [0, 0.1) is 6.92 Å². The van der Waals surface area contributed by atoms with E-state index in [9.17, 15) is 5.11 Å². The minimum atomic E-state index is -0.847. The number of furan rings is 1. The number of fused-ring (bicyclic) bond motifs is 1. The van der Waals surface area contributed by atoms with Crippen LogP contribution in [0.5, 0.6) is 0 Å². The molecule has 0 saturated heterocycles. The average molecular weight is 318 g/mol. The first kappa shape index (κ1) is 12.4. The molecule has 19 heavy (non-hydrogen) atoms. The van der Waals surface area contributed by atoms with E-state index in [1.54, 1.807) is 12.3 Å². The molecular weight excluding hydrogens is 306 g/mol. The highest BCUT2D eigenvalue weighted by atomic mass is 79.9. The van der Waals surface area contributed by atoms with E-state index in [2.05, 4.69) is 20.9 Å². The number of rotatable bonds is 2. The van der Waals surface area contributed by atoms with E-state index in [-0.39, 0.29) is 0 Å². The number of hydrogen-bond donors (Lipinski definition) is 1. The second-order valence-electron chi connectivity index (χ2n) is 4.45. The van der Waals surface area contributed by atoms with Crippen molar-refractivity contribution in [2.75, 3.05) is 0 Å². The summed E-state index contributed by atoms with van der Waals surface area (Å²) in [6, 6.07) is 11.4. The zero-order chi connectivity index (χ0) is 13.4. The smallest absolute Gasteiger partial charge is 0.153 e. The van der Waals surface area contributed by atoms with Crippen molar-refractivity contribution in [2.45, 2.75) is 13.0 Å². The van der Waals surface area contributed by atoms with Gasteiger partial charge in [-0.25, -0.2) is 0 Å². The number of para-hydroxylation sites is 1. The Hall–Kier alpha value is -1.65. The summed E-state index contributed by atoms with van der Waals surface area (Å²) in [5.41, 5.74) is 2.44. The Morgan fingerprint density at radius 2 is 2.11 bits per heavy atom. The molecule has 4 heteroatoms. The zero-order valence-corrected chi connectivity index (χ0v) is 11.9. The number of aliphatic hydroxyl groups is 1. The average Bonchev–Trinajstić information content (AvgIpc) is 2.84. The molecule has 3 nitrogen and oxygen atoms in total. The molecule has 0 saturated carbocycles. The van der Waals surface area contributed by atoms with E-state index in [0.29, 0.717) is 11.5 Å². The Morgan fingerprint density at radius 1 is 1.26 bits per heavy atom. The topological polar surface area (TPSA) is 46.3 Å². The van der Waals surface area contributed by atoms with Crippen LogP contribution in [0.25, 0.3) is 11.0 Å². The molecule has 0 spiro atoms. The van der Waals surface area contributed by atoms with Crippen molar-refractivity contribution < 1.29 is 9.52 Å². The zero-order valence-electron chi connectivity index (χ0n) is 10.3. The maximum absolute atomic E-state index is 10.3. The fourth-order valence-corrected chi connectivity index (χ4v) is 2.29. The van der Waals surface area contributed by atoms with Crippen molar-refractivity contribution in [3.05, 3.63) is 64.1 Å². The first-order chi connectivity index (χ1) is 9.15. The molecule has 0 fully saturated rings. The third-order valence-electron chi connectivity index (χ3n) is 3.06. The molecule has 0 radical (unpaired) electrons. The fraction of sp³-hybridized carbons (Fsp3) is 0.133. The van der Waals surface area contributed by atoms with Gasteiger partial charge in [0.05, 0.1) is 5.69 Å². The lowest BCUT2D eigenvalue weighted by molar-refractivity contribution is 0.187. The van der Waals surface area contributed by atoms with Crippen molar-refractivity contribution in [3.8, 4) is 0 Å². The molecule has 1 N–H and O–H groups in total. The minimum absolute atomic E-state index is 0.513. The van der Waals surface area contributed by atoms with Crippen LogP contribution in [-0.4, -0.2) is 10.1 Å². The van der Waals surface area contributed by atoms with Gasteiger partial charge in [-0.3, -0.25) is 4.98 Å². The van der Waals surface area contributed by atoms with Gasteiger partial charge >= 0.3 is 0 Å². The summed E-state index contributed by atoms with van der Waals surface area (Å²) in [5, 5.41) is 11.3. The standard InChI is InChI=1S/C15H12BrNO2/c1-9-3-2-4-10-7-13(19-15(9)10)14(18)12-6-5-11(16)8-17-12/h2-8,14,18H,1H3. The van der Waals surface area contributed by atoms with Crippen LogP contribution in [0.15, 0.2) is 51.5 Å². The molecule has 0 aliphatic rings. The summed E-state index contributed by atoms with van der Waals surface area (Å²) in [6.45, 7) is 1.99. The van der Waals surface area contributed by atoms with Crippen LogP contribution in [0.1, 0.15) is 23.1 Å². The van der Waals surface area contributed by atoms with Gasteiger partial charge in [0.15, 0.2) is 6.10 Å². The number of aryl methyl sites for hydroxylation is 1. The lowest BCUT2D eigenvalue weighted by Crippen LogP contribution is -2.00. The molecule has 3 rings (SSSR count). The Bertz CT molecular complexity index is 719. The van der Waals surface area contributed by atoms with Crippen molar-refractivity contribution in [2.24, 2.45) is 0 Å². The minimum Gasteiger partial charge on any atom is -0.458 e. The van der Waals surface area contributed by atoms with Crippen LogP contribution in [0.4, 0.5) is 0 Å². The first-order valence-corrected chi connectivity index (χ1v) is 6.73. The van der Waals surface area contributed by atoms with E-state index in [4.69, 9.17) is 4.42 Å². The number of aliphatic hydroxyl groups excluding tert-OH is 1. The van der Waals surface area contributed by atoms with Gasteiger partial charge in [-0.1, -0.05) is 18.2 Å². The van der Waals surface area contributed by atoms with E-state index >= 15 is 0 Å². The quantitative estimate of drug-likeness (QED) is 0.777. The molecule has 1 atom stereocenters. The SMILES string of the molecule is Cc1cccc2cc(C(O)c3ccc(Br)cn3)oc12. The second-order valence-corrected chi connectivity index (χ2v) is 5.36. The normalized spacial score (nSPS) is 12.8. The third kappa shape index (κ3) is 2.29. The number of hydrogen-bond acceptors (Lipinski definition) is 3. The van der Waals surface area contributed by atoms with Crippen LogP contribution in [-0.2, 0) is 0 Å². The number of aromatic nitrogens is 1. The van der Waals surface area contributed by atoms with Crippen molar-refractivity contribution in [3.63, 3.8) is 0 Å². The number of halogens is 1. The molecule has 2 aromatic heterocycles. The third-order valence-corrected chi connectivity index (χ3v) is 3.53. The van der Waals surface area contributed by atoms with Crippen LogP contribution in [0.2, 0.25) is 0 Å². The summed E-state index contributed by atoms with van der Waals surface area (Å²) in [6.07, 6.45) is 0.812. The van der Waals surface area contributed by atoms with E-state index in [1.807, 2.05) is 37.3 Å². The second kappa shape index (κ2) is 4.79. The van der Waals surface area contributed by atoms with Gasteiger partial charge in [-0.05, 0) is 46.6 Å². The first-order valence-electron chi connectivity index (χ1n) is 5.94. The summed E-state index contributed by atoms with van der Waals surface area (Å²) in [7, 11) is 0. The molecule has 2 heterocycles. The predicted octanol–water partition coefficient (Wildman–Crippen LogP) is 3.98. The highest BCUT2D eigenvalue weighted by Gasteiger charge is 2.17. The summed E-state index contributed by atoms with van der Waals surface area (Å²) in [4.78, 5) is 4.19. The van der Waals surface area contributed by atoms with Crippen LogP contribution >= 0.6 is 15.9 Å². The van der Waals surface area contributed by atoms with Gasteiger partial charge in [0.25, 0.3) is 0 Å². The lowest BCUT2D eigenvalue weighted by atomic mass is 10.1. The summed E-state index contributed by atoms with van der Waals surface area (Å²) in [5.74, 6) is 0.513. The molecule has 0 aliphatic heterocycles. The fourth-order valence-electron chi connectivity index (χ4n) is 2.06. The summed E-state index contributed by atoms with van der Waals surface area (Å²) < 4.78 is 6.62. The Balaban J connectivity index is 2.04. The van der Waals surface area contributed by atoms with Crippen molar-refractivity contribution in [1.82, 2.24) is 4.98 Å². The molecule has 3 aromatic rings. The van der Waals surface area contributed by atoms with E-state index in [1.165, 1.54) is 0 Å². The van der Waals surface area contributed by atoms with Gasteiger partial charge in [0.2, 0.25) is 0 Å². The molecular formula is C15H12BrNO2. The van der Waals surface area contributed by atoms with Gasteiger partial charge in [-0.15, -0.1) is 0 Å². The maximum Gasteiger partial charge on any atom is 0.153 e. The molecule has 0 aliphatic carbocycles. The van der Waals surface area contributed by atoms with Gasteiger partial charge < -0.3 is 9.52 Å². The van der Waals surface area contributed by atoms with Gasteiger partial charge in [-0.2, -0.15) is 0 Å². The number of nitrogens with zero attached hydrogens (tertiary/aromatic N) is 1. The Morgan fingerprint density at radius 3 is 2.79 bits per heavy atom. The monoisotopic (exact) mass is 317 g/mol. The molecule has 0 amide bonds. The Labute approximate surface area is 119 Å². The van der Waals surface area contributed by atoms with Crippen LogP contribution < -0.4 is 0 Å². The highest BCUT2D eigenvalue weighted by molar-refractivity contribution is 9.10. The van der Waals surface area contributed by atoms with Gasteiger partial charge in [0, 0.05) is 16.1 Å².